The zero-order valence-electron chi connectivity index (χ0n) is 11.1. The number of rotatable bonds is 2. The molecule has 3 aliphatic rings. The lowest BCUT2D eigenvalue weighted by atomic mass is 9.89. The highest BCUT2D eigenvalue weighted by molar-refractivity contribution is 5.79. The Morgan fingerprint density at radius 3 is 2.72 bits per heavy atom. The van der Waals surface area contributed by atoms with Crippen LogP contribution in [0.15, 0.2) is 12.2 Å². The van der Waals surface area contributed by atoms with E-state index >= 15 is 0 Å². The number of piperidine rings is 1. The summed E-state index contributed by atoms with van der Waals surface area (Å²) in [5.41, 5.74) is 0. The molecule has 2 heterocycles. The van der Waals surface area contributed by atoms with Gasteiger partial charge in [-0.15, -0.1) is 0 Å². The first-order chi connectivity index (χ1) is 8.84. The van der Waals surface area contributed by atoms with E-state index < -0.39 is 0 Å². The normalized spacial score (nSPS) is 33.2. The van der Waals surface area contributed by atoms with Crippen molar-refractivity contribution in [3.05, 3.63) is 12.2 Å². The Hall–Kier alpha value is -0.830. The monoisotopic (exact) mass is 248 g/mol. The second kappa shape index (κ2) is 5.43. The van der Waals surface area contributed by atoms with E-state index in [9.17, 15) is 4.79 Å². The van der Waals surface area contributed by atoms with Crippen LogP contribution in [0.3, 0.4) is 0 Å². The standard InChI is InChI=1S/C15H24N2O/c18-15(12-5-1-2-6-12)17-10-4-7-13(11-17)14-8-3-9-16-14/h1-2,12-14,16H,3-11H2. The van der Waals surface area contributed by atoms with Crippen molar-refractivity contribution in [2.45, 2.75) is 44.6 Å². The third-order valence-corrected chi connectivity index (χ3v) is 4.79. The van der Waals surface area contributed by atoms with Crippen LogP contribution in [0.1, 0.15) is 38.5 Å². The summed E-state index contributed by atoms with van der Waals surface area (Å²) in [6.45, 7) is 3.15. The lowest BCUT2D eigenvalue weighted by Gasteiger charge is -2.37. The summed E-state index contributed by atoms with van der Waals surface area (Å²) in [7, 11) is 0. The van der Waals surface area contributed by atoms with Crippen molar-refractivity contribution in [2.24, 2.45) is 11.8 Å². The summed E-state index contributed by atoms with van der Waals surface area (Å²) in [6, 6.07) is 0.669. The van der Waals surface area contributed by atoms with Crippen LogP contribution in [-0.4, -0.2) is 36.5 Å². The molecule has 100 valence electrons. The predicted octanol–water partition coefficient (Wildman–Crippen LogP) is 1.94. The highest BCUT2D eigenvalue weighted by Gasteiger charge is 2.33. The van der Waals surface area contributed by atoms with Crippen molar-refractivity contribution in [3.63, 3.8) is 0 Å². The minimum atomic E-state index is 0.250. The fourth-order valence-electron chi connectivity index (χ4n) is 3.73. The number of hydrogen-bond acceptors (Lipinski definition) is 2. The molecule has 3 nitrogen and oxygen atoms in total. The van der Waals surface area contributed by atoms with Gasteiger partial charge in [-0.05, 0) is 51.0 Å². The zero-order chi connectivity index (χ0) is 12.4. The van der Waals surface area contributed by atoms with Gasteiger partial charge in [0.2, 0.25) is 5.91 Å². The van der Waals surface area contributed by atoms with Crippen molar-refractivity contribution in [2.75, 3.05) is 19.6 Å². The maximum Gasteiger partial charge on any atom is 0.226 e. The van der Waals surface area contributed by atoms with Crippen molar-refractivity contribution < 1.29 is 4.79 Å². The Kier molecular flexibility index (Phi) is 3.69. The predicted molar refractivity (Wildman–Crippen MR) is 72.2 cm³/mol. The summed E-state index contributed by atoms with van der Waals surface area (Å²) in [6.07, 6.45) is 11.3. The van der Waals surface area contributed by atoms with Gasteiger partial charge in [-0.2, -0.15) is 0 Å². The van der Waals surface area contributed by atoms with Crippen LogP contribution in [0.2, 0.25) is 0 Å². The Balaban J connectivity index is 1.57. The van der Waals surface area contributed by atoms with E-state index in [0.29, 0.717) is 17.9 Å². The molecule has 0 bridgehead atoms. The van der Waals surface area contributed by atoms with E-state index in [0.717, 1.165) is 25.9 Å². The van der Waals surface area contributed by atoms with Gasteiger partial charge in [-0.1, -0.05) is 12.2 Å². The van der Waals surface area contributed by atoms with E-state index in [4.69, 9.17) is 0 Å². The fourth-order valence-corrected chi connectivity index (χ4v) is 3.73. The number of nitrogens with one attached hydrogen (secondary N) is 1. The molecule has 1 amide bonds. The van der Waals surface area contributed by atoms with Gasteiger partial charge >= 0.3 is 0 Å². The molecular formula is C15H24N2O. The minimum absolute atomic E-state index is 0.250. The second-order valence-electron chi connectivity index (χ2n) is 6.03. The summed E-state index contributed by atoms with van der Waals surface area (Å²) in [5, 5.41) is 3.61. The molecule has 0 aromatic rings. The molecule has 0 radical (unpaired) electrons. The van der Waals surface area contributed by atoms with Gasteiger partial charge in [0.05, 0.1) is 0 Å². The van der Waals surface area contributed by atoms with E-state index in [1.54, 1.807) is 0 Å². The number of carbonyl (C=O) groups is 1. The largest absolute Gasteiger partial charge is 0.342 e. The number of allylic oxidation sites excluding steroid dienone is 2. The number of carbonyl (C=O) groups excluding carboxylic acids is 1. The lowest BCUT2D eigenvalue weighted by Crippen LogP contribution is -2.47. The Labute approximate surface area is 110 Å². The van der Waals surface area contributed by atoms with Crippen LogP contribution in [0.5, 0.6) is 0 Å². The van der Waals surface area contributed by atoms with Gasteiger partial charge in [-0.25, -0.2) is 0 Å². The van der Waals surface area contributed by atoms with Crippen molar-refractivity contribution in [3.8, 4) is 0 Å². The molecule has 2 aliphatic heterocycles. The van der Waals surface area contributed by atoms with Gasteiger partial charge in [0.15, 0.2) is 0 Å². The Morgan fingerprint density at radius 2 is 2.00 bits per heavy atom. The molecule has 0 aromatic heterocycles. The van der Waals surface area contributed by atoms with Crippen LogP contribution in [0, 0.1) is 11.8 Å². The van der Waals surface area contributed by atoms with E-state index in [-0.39, 0.29) is 5.92 Å². The van der Waals surface area contributed by atoms with Crippen LogP contribution >= 0.6 is 0 Å². The van der Waals surface area contributed by atoms with E-state index in [2.05, 4.69) is 22.4 Å². The van der Waals surface area contributed by atoms with Crippen LogP contribution in [-0.2, 0) is 4.79 Å². The molecule has 2 atom stereocenters. The topological polar surface area (TPSA) is 32.3 Å². The first-order valence-electron chi connectivity index (χ1n) is 7.52. The van der Waals surface area contributed by atoms with Gasteiger partial charge in [0.25, 0.3) is 0 Å². The summed E-state index contributed by atoms with van der Waals surface area (Å²) >= 11 is 0. The third-order valence-electron chi connectivity index (χ3n) is 4.79. The highest BCUT2D eigenvalue weighted by Crippen LogP contribution is 2.27. The number of likely N-dealkylation sites (tertiary alicyclic amines) is 1. The molecule has 2 saturated heterocycles. The SMILES string of the molecule is O=C(C1CC=CC1)N1CCCC(C2CCCN2)C1. The maximum atomic E-state index is 12.4. The average Bonchev–Trinajstić information content (AvgIpc) is 3.11. The average molecular weight is 248 g/mol. The molecular weight excluding hydrogens is 224 g/mol. The second-order valence-corrected chi connectivity index (χ2v) is 6.03. The van der Waals surface area contributed by atoms with Crippen LogP contribution < -0.4 is 5.32 Å². The summed E-state index contributed by atoms with van der Waals surface area (Å²) in [4.78, 5) is 14.6. The first-order valence-corrected chi connectivity index (χ1v) is 7.52. The summed E-state index contributed by atoms with van der Waals surface area (Å²) < 4.78 is 0. The minimum Gasteiger partial charge on any atom is -0.342 e. The number of amides is 1. The first kappa shape index (κ1) is 12.2. The summed E-state index contributed by atoms with van der Waals surface area (Å²) in [5.74, 6) is 1.35. The molecule has 1 N–H and O–H groups in total. The van der Waals surface area contributed by atoms with Gasteiger partial charge in [0, 0.05) is 25.0 Å². The fraction of sp³-hybridized carbons (Fsp3) is 0.800. The van der Waals surface area contributed by atoms with Crippen molar-refractivity contribution in [1.82, 2.24) is 10.2 Å². The third kappa shape index (κ3) is 2.46. The number of hydrogen-bond donors (Lipinski definition) is 1. The highest BCUT2D eigenvalue weighted by atomic mass is 16.2. The molecule has 18 heavy (non-hydrogen) atoms. The molecule has 2 fully saturated rings. The molecule has 0 saturated carbocycles. The van der Waals surface area contributed by atoms with Gasteiger partial charge in [0.1, 0.15) is 0 Å². The van der Waals surface area contributed by atoms with Crippen LogP contribution in [0.4, 0.5) is 0 Å². The van der Waals surface area contributed by atoms with Crippen molar-refractivity contribution >= 4 is 5.91 Å². The van der Waals surface area contributed by atoms with Gasteiger partial charge in [-0.3, -0.25) is 4.79 Å². The Bertz CT molecular complexity index is 325. The quantitative estimate of drug-likeness (QED) is 0.758. The molecule has 2 unspecified atom stereocenters. The van der Waals surface area contributed by atoms with Crippen molar-refractivity contribution in [1.29, 1.82) is 0 Å². The molecule has 0 aromatic carbocycles. The Morgan fingerprint density at radius 1 is 1.17 bits per heavy atom. The molecule has 0 spiro atoms. The zero-order valence-corrected chi connectivity index (χ0v) is 11.1. The smallest absolute Gasteiger partial charge is 0.226 e. The van der Waals surface area contributed by atoms with Crippen LogP contribution in [0.25, 0.3) is 0 Å². The van der Waals surface area contributed by atoms with E-state index in [1.807, 2.05) is 0 Å². The van der Waals surface area contributed by atoms with E-state index in [1.165, 1.54) is 32.2 Å². The van der Waals surface area contributed by atoms with Gasteiger partial charge < -0.3 is 10.2 Å². The maximum absolute atomic E-state index is 12.4. The molecule has 3 rings (SSSR count). The molecule has 1 aliphatic carbocycles. The molecule has 3 heteroatoms. The lowest BCUT2D eigenvalue weighted by molar-refractivity contribution is -0.137. The number of nitrogens with zero attached hydrogens (tertiary/aromatic N) is 1.